The summed E-state index contributed by atoms with van der Waals surface area (Å²) in [6, 6.07) is 4.55. The Morgan fingerprint density at radius 3 is 3.10 bits per heavy atom. The number of nitrogens with zero attached hydrogens (tertiary/aromatic N) is 2. The Labute approximate surface area is 128 Å². The van der Waals surface area contributed by atoms with E-state index in [1.807, 2.05) is 17.5 Å². The molecule has 2 aromatic heterocycles. The Hall–Kier alpha value is -1.82. The SMILES string of the molecule is CCNC(=NCc1coc(-c2cccs2)n1)NC1CC1C. The van der Waals surface area contributed by atoms with Crippen LogP contribution in [0, 0.1) is 5.92 Å². The first-order valence-electron chi connectivity index (χ1n) is 7.29. The summed E-state index contributed by atoms with van der Waals surface area (Å²) >= 11 is 1.62. The molecule has 2 aromatic rings. The number of guanidine groups is 1. The molecule has 2 heterocycles. The van der Waals surface area contributed by atoms with Crippen LogP contribution in [0.1, 0.15) is 26.0 Å². The van der Waals surface area contributed by atoms with E-state index < -0.39 is 0 Å². The van der Waals surface area contributed by atoms with E-state index in [1.54, 1.807) is 17.6 Å². The zero-order valence-electron chi connectivity index (χ0n) is 12.3. The molecule has 2 unspecified atom stereocenters. The highest BCUT2D eigenvalue weighted by molar-refractivity contribution is 7.13. The minimum atomic E-state index is 0.519. The molecule has 1 fully saturated rings. The van der Waals surface area contributed by atoms with Crippen LogP contribution in [0.3, 0.4) is 0 Å². The molecule has 3 rings (SSSR count). The van der Waals surface area contributed by atoms with Crippen LogP contribution in [-0.4, -0.2) is 23.5 Å². The fourth-order valence-corrected chi connectivity index (χ4v) is 2.73. The van der Waals surface area contributed by atoms with Crippen LogP contribution < -0.4 is 10.6 Å². The molecular formula is C15H20N4OS. The van der Waals surface area contributed by atoms with Gasteiger partial charge in [0.2, 0.25) is 5.89 Å². The van der Waals surface area contributed by atoms with Gasteiger partial charge in [0.15, 0.2) is 5.96 Å². The summed E-state index contributed by atoms with van der Waals surface area (Å²) in [6.07, 6.45) is 2.90. The van der Waals surface area contributed by atoms with Gasteiger partial charge in [-0.15, -0.1) is 11.3 Å². The third-order valence-electron chi connectivity index (χ3n) is 3.46. The Morgan fingerprint density at radius 2 is 2.43 bits per heavy atom. The molecule has 2 atom stereocenters. The minimum Gasteiger partial charge on any atom is -0.443 e. The van der Waals surface area contributed by atoms with Gasteiger partial charge in [-0.2, -0.15) is 0 Å². The molecule has 0 bridgehead atoms. The fourth-order valence-electron chi connectivity index (χ4n) is 2.07. The fraction of sp³-hybridized carbons (Fsp3) is 0.467. The molecule has 6 heteroatoms. The summed E-state index contributed by atoms with van der Waals surface area (Å²) in [4.78, 5) is 10.1. The molecule has 0 aliphatic heterocycles. The molecule has 1 aliphatic rings. The molecule has 112 valence electrons. The van der Waals surface area contributed by atoms with Crippen LogP contribution in [0.5, 0.6) is 0 Å². The highest BCUT2D eigenvalue weighted by Gasteiger charge is 2.33. The lowest BCUT2D eigenvalue weighted by Crippen LogP contribution is -2.39. The van der Waals surface area contributed by atoms with E-state index in [0.717, 1.165) is 29.0 Å². The van der Waals surface area contributed by atoms with E-state index in [1.165, 1.54) is 6.42 Å². The van der Waals surface area contributed by atoms with Gasteiger partial charge in [-0.25, -0.2) is 9.98 Å². The topological polar surface area (TPSA) is 62.5 Å². The van der Waals surface area contributed by atoms with Crippen molar-refractivity contribution in [3.8, 4) is 10.8 Å². The second-order valence-corrected chi connectivity index (χ2v) is 6.23. The molecule has 5 nitrogen and oxygen atoms in total. The second-order valence-electron chi connectivity index (χ2n) is 5.28. The summed E-state index contributed by atoms with van der Waals surface area (Å²) < 4.78 is 5.50. The third-order valence-corrected chi connectivity index (χ3v) is 4.32. The van der Waals surface area contributed by atoms with Crippen molar-refractivity contribution in [2.24, 2.45) is 10.9 Å². The Balaban J connectivity index is 1.62. The third kappa shape index (κ3) is 3.64. The first-order chi connectivity index (χ1) is 10.3. The van der Waals surface area contributed by atoms with Crippen LogP contribution in [0.25, 0.3) is 10.8 Å². The number of nitrogens with one attached hydrogen (secondary N) is 2. The second kappa shape index (κ2) is 6.30. The highest BCUT2D eigenvalue weighted by Crippen LogP contribution is 2.28. The zero-order valence-corrected chi connectivity index (χ0v) is 13.1. The van der Waals surface area contributed by atoms with Crippen molar-refractivity contribution in [1.29, 1.82) is 0 Å². The van der Waals surface area contributed by atoms with Crippen LogP contribution >= 0.6 is 11.3 Å². The predicted molar refractivity (Wildman–Crippen MR) is 85.3 cm³/mol. The molecule has 0 spiro atoms. The maximum atomic E-state index is 5.50. The molecule has 2 N–H and O–H groups in total. The minimum absolute atomic E-state index is 0.519. The number of hydrogen-bond donors (Lipinski definition) is 2. The average Bonchev–Trinajstić information content (AvgIpc) is 2.95. The van der Waals surface area contributed by atoms with Crippen molar-refractivity contribution in [2.45, 2.75) is 32.9 Å². The van der Waals surface area contributed by atoms with Gasteiger partial charge < -0.3 is 15.1 Å². The molecular weight excluding hydrogens is 284 g/mol. The summed E-state index contributed by atoms with van der Waals surface area (Å²) in [5, 5.41) is 8.71. The molecule has 0 aromatic carbocycles. The first-order valence-corrected chi connectivity index (χ1v) is 8.17. The van der Waals surface area contributed by atoms with Gasteiger partial charge in [-0.05, 0) is 30.7 Å². The Morgan fingerprint density at radius 1 is 1.57 bits per heavy atom. The van der Waals surface area contributed by atoms with Crippen LogP contribution in [-0.2, 0) is 6.54 Å². The predicted octanol–water partition coefficient (Wildman–Crippen LogP) is 2.87. The van der Waals surface area contributed by atoms with Gasteiger partial charge in [0, 0.05) is 12.6 Å². The molecule has 21 heavy (non-hydrogen) atoms. The summed E-state index contributed by atoms with van der Waals surface area (Å²) in [5.74, 6) is 2.27. The highest BCUT2D eigenvalue weighted by atomic mass is 32.1. The van der Waals surface area contributed by atoms with Gasteiger partial charge >= 0.3 is 0 Å². The van der Waals surface area contributed by atoms with Gasteiger partial charge in [-0.3, -0.25) is 0 Å². The first kappa shape index (κ1) is 14.1. The maximum absolute atomic E-state index is 5.50. The number of hydrogen-bond acceptors (Lipinski definition) is 4. The summed E-state index contributed by atoms with van der Waals surface area (Å²) in [7, 11) is 0. The molecule has 1 aliphatic carbocycles. The van der Waals surface area contributed by atoms with Crippen molar-refractivity contribution < 1.29 is 4.42 Å². The molecule has 0 radical (unpaired) electrons. The zero-order chi connectivity index (χ0) is 14.7. The smallest absolute Gasteiger partial charge is 0.236 e. The van der Waals surface area contributed by atoms with E-state index in [2.05, 4.69) is 34.5 Å². The largest absolute Gasteiger partial charge is 0.443 e. The summed E-state index contributed by atoms with van der Waals surface area (Å²) in [5.41, 5.74) is 0.847. The van der Waals surface area contributed by atoms with Crippen LogP contribution in [0.15, 0.2) is 33.2 Å². The number of rotatable bonds is 5. The van der Waals surface area contributed by atoms with E-state index >= 15 is 0 Å². The Kier molecular flexibility index (Phi) is 4.24. The lowest BCUT2D eigenvalue weighted by atomic mass is 10.4. The normalized spacial score (nSPS) is 21.3. The van der Waals surface area contributed by atoms with Crippen molar-refractivity contribution in [1.82, 2.24) is 15.6 Å². The average molecular weight is 304 g/mol. The van der Waals surface area contributed by atoms with Gasteiger partial charge in [-0.1, -0.05) is 13.0 Å². The van der Waals surface area contributed by atoms with Crippen LogP contribution in [0.4, 0.5) is 0 Å². The van der Waals surface area contributed by atoms with Gasteiger partial charge in [0.25, 0.3) is 0 Å². The van der Waals surface area contributed by atoms with E-state index in [4.69, 9.17) is 4.42 Å². The van der Waals surface area contributed by atoms with Crippen molar-refractivity contribution in [3.05, 3.63) is 29.5 Å². The lowest BCUT2D eigenvalue weighted by Gasteiger charge is -2.09. The van der Waals surface area contributed by atoms with Gasteiger partial charge in [0.05, 0.1) is 11.4 Å². The van der Waals surface area contributed by atoms with E-state index in [9.17, 15) is 0 Å². The van der Waals surface area contributed by atoms with Gasteiger partial charge in [0.1, 0.15) is 12.0 Å². The number of thiophene rings is 1. The monoisotopic (exact) mass is 304 g/mol. The molecule has 0 saturated heterocycles. The molecule has 1 saturated carbocycles. The van der Waals surface area contributed by atoms with Crippen molar-refractivity contribution in [3.63, 3.8) is 0 Å². The molecule has 0 amide bonds. The standard InChI is InChI=1S/C15H20N4OS/c1-3-16-15(19-12-7-10(12)2)17-8-11-9-20-14(18-11)13-5-4-6-21-13/h4-6,9-10,12H,3,7-8H2,1-2H3,(H2,16,17,19). The van der Waals surface area contributed by atoms with E-state index in [0.29, 0.717) is 18.5 Å². The van der Waals surface area contributed by atoms with Crippen molar-refractivity contribution in [2.75, 3.05) is 6.54 Å². The van der Waals surface area contributed by atoms with Crippen LogP contribution in [0.2, 0.25) is 0 Å². The number of aliphatic imine (C=N–C) groups is 1. The Bertz CT molecular complexity index is 605. The number of aromatic nitrogens is 1. The van der Waals surface area contributed by atoms with Crippen molar-refractivity contribution >= 4 is 17.3 Å². The van der Waals surface area contributed by atoms with E-state index in [-0.39, 0.29) is 0 Å². The maximum Gasteiger partial charge on any atom is 0.236 e. The lowest BCUT2D eigenvalue weighted by molar-refractivity contribution is 0.574. The number of oxazole rings is 1. The quantitative estimate of drug-likeness (QED) is 0.658. The summed E-state index contributed by atoms with van der Waals surface area (Å²) in [6.45, 7) is 5.68.